The number of carbonyl (C=O) groups is 1. The first kappa shape index (κ1) is 11.1. The minimum absolute atomic E-state index is 0.172. The molecule has 0 aliphatic carbocycles. The second kappa shape index (κ2) is 8.23. The van der Waals surface area contributed by atoms with Gasteiger partial charge in [-0.3, -0.25) is 4.79 Å². The Balaban J connectivity index is 3.52. The molecule has 12 heavy (non-hydrogen) atoms. The molecule has 0 bridgehead atoms. The van der Waals surface area contributed by atoms with Gasteiger partial charge in [0.2, 0.25) is 0 Å². The minimum Gasteiger partial charge on any atom is -0.464 e. The van der Waals surface area contributed by atoms with Crippen LogP contribution in [0.3, 0.4) is 0 Å². The third-order valence-electron chi connectivity index (χ3n) is 1.35. The molecule has 0 rings (SSSR count). The Hall–Kier alpha value is -0.870. The quantitative estimate of drug-likeness (QED) is 0.333. The molecule has 1 N–H and O–H groups in total. The van der Waals surface area contributed by atoms with Crippen LogP contribution in [-0.2, 0) is 14.3 Å². The molecule has 1 unspecified atom stereocenters. The summed E-state index contributed by atoms with van der Waals surface area (Å²) in [6, 6.07) is 0.172. The summed E-state index contributed by atoms with van der Waals surface area (Å²) in [6.45, 7) is 1.34. The van der Waals surface area contributed by atoms with Crippen molar-refractivity contribution >= 4 is 6.47 Å². The van der Waals surface area contributed by atoms with Crippen LogP contribution in [0.2, 0.25) is 0 Å². The maximum atomic E-state index is 9.75. The van der Waals surface area contributed by atoms with E-state index in [4.69, 9.17) is 4.74 Å². The van der Waals surface area contributed by atoms with Crippen molar-refractivity contribution in [2.24, 2.45) is 0 Å². The molecule has 0 aromatic heterocycles. The smallest absolute Gasteiger partial charge is 0.293 e. The Morgan fingerprint density at radius 1 is 1.58 bits per heavy atom. The van der Waals surface area contributed by atoms with Crippen molar-refractivity contribution in [2.75, 3.05) is 27.4 Å². The van der Waals surface area contributed by atoms with Crippen LogP contribution >= 0.6 is 0 Å². The highest BCUT2D eigenvalue weighted by atomic mass is 16.5. The largest absolute Gasteiger partial charge is 0.464 e. The van der Waals surface area contributed by atoms with E-state index in [2.05, 4.69) is 10.1 Å². The van der Waals surface area contributed by atoms with Gasteiger partial charge in [-0.05, 0) is 13.1 Å². The first-order valence-electron chi connectivity index (χ1n) is 3.73. The molecule has 0 aromatic rings. The van der Waals surface area contributed by atoms with Gasteiger partial charge in [0.25, 0.3) is 6.47 Å². The van der Waals surface area contributed by atoms with Gasteiger partial charge in [-0.2, -0.15) is 0 Å². The van der Waals surface area contributed by atoms with Crippen LogP contribution in [0.5, 0.6) is 0 Å². The van der Waals surface area contributed by atoms with Gasteiger partial charge in [0, 0.05) is 13.2 Å². The molecule has 0 amide bonds. The summed E-state index contributed by atoms with van der Waals surface area (Å²) in [5.74, 6) is 0. The van der Waals surface area contributed by atoms with E-state index in [0.29, 0.717) is 19.7 Å². The molecule has 4 heteroatoms. The molecule has 0 spiro atoms. The Morgan fingerprint density at radius 2 is 2.33 bits per heavy atom. The third kappa shape index (κ3) is 5.88. The average molecular weight is 173 g/mol. The van der Waals surface area contributed by atoms with Gasteiger partial charge in [-0.1, -0.05) is 6.08 Å². The normalized spacial score (nSPS) is 13.2. The van der Waals surface area contributed by atoms with Crippen LogP contribution in [0, 0.1) is 0 Å². The van der Waals surface area contributed by atoms with E-state index in [1.165, 1.54) is 0 Å². The Bertz CT molecular complexity index is 136. The summed E-state index contributed by atoms with van der Waals surface area (Å²) in [4.78, 5) is 9.75. The topological polar surface area (TPSA) is 47.6 Å². The lowest BCUT2D eigenvalue weighted by molar-refractivity contribution is -0.127. The summed E-state index contributed by atoms with van der Waals surface area (Å²) in [5.41, 5.74) is 0. The lowest BCUT2D eigenvalue weighted by Crippen LogP contribution is -2.27. The zero-order chi connectivity index (χ0) is 9.23. The van der Waals surface area contributed by atoms with Crippen molar-refractivity contribution in [1.82, 2.24) is 5.32 Å². The van der Waals surface area contributed by atoms with Gasteiger partial charge >= 0.3 is 0 Å². The van der Waals surface area contributed by atoms with E-state index in [1.807, 2.05) is 13.1 Å². The monoisotopic (exact) mass is 173 g/mol. The van der Waals surface area contributed by atoms with Crippen LogP contribution < -0.4 is 5.32 Å². The fourth-order valence-electron chi connectivity index (χ4n) is 0.729. The van der Waals surface area contributed by atoms with E-state index < -0.39 is 0 Å². The Kier molecular flexibility index (Phi) is 7.63. The zero-order valence-corrected chi connectivity index (χ0v) is 7.45. The highest BCUT2D eigenvalue weighted by Gasteiger charge is 1.97. The number of hydrogen-bond donors (Lipinski definition) is 1. The maximum absolute atomic E-state index is 9.75. The fourth-order valence-corrected chi connectivity index (χ4v) is 0.729. The molecule has 0 aromatic carbocycles. The number of rotatable bonds is 7. The molecule has 0 saturated carbocycles. The molecule has 1 atom stereocenters. The lowest BCUT2D eigenvalue weighted by atomic mass is 10.3. The molecule has 0 aliphatic rings. The molecule has 0 radical (unpaired) electrons. The maximum Gasteiger partial charge on any atom is 0.293 e. The van der Waals surface area contributed by atoms with Gasteiger partial charge in [0.05, 0.1) is 6.61 Å². The molecular formula is C8H15NO3. The molecule has 0 aliphatic heterocycles. The molecule has 4 nitrogen and oxygen atoms in total. The average Bonchev–Trinajstić information content (AvgIpc) is 2.10. The van der Waals surface area contributed by atoms with Gasteiger partial charge in [0.1, 0.15) is 6.61 Å². The number of ether oxygens (including phenoxy) is 2. The minimum atomic E-state index is 0.172. The van der Waals surface area contributed by atoms with Crippen molar-refractivity contribution in [3.63, 3.8) is 0 Å². The van der Waals surface area contributed by atoms with E-state index in [1.54, 1.807) is 13.2 Å². The molecule has 70 valence electrons. The van der Waals surface area contributed by atoms with Crippen molar-refractivity contribution < 1.29 is 14.3 Å². The first-order valence-corrected chi connectivity index (χ1v) is 3.73. The number of hydrogen-bond acceptors (Lipinski definition) is 4. The summed E-state index contributed by atoms with van der Waals surface area (Å²) >= 11 is 0. The van der Waals surface area contributed by atoms with Gasteiger partial charge in [-0.15, -0.1) is 0 Å². The molecule has 0 saturated heterocycles. The van der Waals surface area contributed by atoms with E-state index in [-0.39, 0.29) is 6.04 Å². The van der Waals surface area contributed by atoms with Crippen molar-refractivity contribution in [3.8, 4) is 0 Å². The van der Waals surface area contributed by atoms with Crippen LogP contribution in [0.15, 0.2) is 12.2 Å². The van der Waals surface area contributed by atoms with Crippen molar-refractivity contribution in [3.05, 3.63) is 12.2 Å². The summed E-state index contributed by atoms with van der Waals surface area (Å²) in [5, 5.41) is 3.02. The van der Waals surface area contributed by atoms with Crippen LogP contribution in [0.25, 0.3) is 0 Å². The van der Waals surface area contributed by atoms with Crippen molar-refractivity contribution in [1.29, 1.82) is 0 Å². The summed E-state index contributed by atoms with van der Waals surface area (Å²) in [7, 11) is 3.48. The second-order valence-corrected chi connectivity index (χ2v) is 2.21. The highest BCUT2D eigenvalue weighted by Crippen LogP contribution is 1.86. The van der Waals surface area contributed by atoms with E-state index >= 15 is 0 Å². The first-order chi connectivity index (χ1) is 5.85. The number of methoxy groups -OCH3 is 1. The summed E-state index contributed by atoms with van der Waals surface area (Å²) < 4.78 is 9.40. The van der Waals surface area contributed by atoms with E-state index in [9.17, 15) is 4.79 Å². The van der Waals surface area contributed by atoms with Crippen LogP contribution in [-0.4, -0.2) is 39.9 Å². The summed E-state index contributed by atoms with van der Waals surface area (Å²) in [6.07, 6.45) is 3.67. The molecule has 0 fully saturated rings. The highest BCUT2D eigenvalue weighted by molar-refractivity contribution is 5.37. The number of nitrogens with one attached hydrogen (secondary N) is 1. The van der Waals surface area contributed by atoms with E-state index in [0.717, 1.165) is 0 Å². The van der Waals surface area contributed by atoms with Gasteiger partial charge in [-0.25, -0.2) is 0 Å². The Morgan fingerprint density at radius 3 is 2.83 bits per heavy atom. The predicted octanol–water partition coefficient (Wildman–Crippen LogP) is -0.0500. The second-order valence-electron chi connectivity index (χ2n) is 2.21. The fraction of sp³-hybridized carbons (Fsp3) is 0.625. The molecule has 0 heterocycles. The zero-order valence-electron chi connectivity index (χ0n) is 7.45. The van der Waals surface area contributed by atoms with Crippen molar-refractivity contribution in [2.45, 2.75) is 6.04 Å². The standard InChI is InChI=1S/C8H15NO3/c1-9-8(6-11-2)4-3-5-12-7-10/h3-4,7-9H,5-6H2,1-2H3/b4-3+. The third-order valence-corrected chi connectivity index (χ3v) is 1.35. The van der Waals surface area contributed by atoms with Gasteiger partial charge < -0.3 is 14.8 Å². The Labute approximate surface area is 72.5 Å². The number of carbonyl (C=O) groups excluding carboxylic acids is 1. The van der Waals surface area contributed by atoms with Gasteiger partial charge in [0.15, 0.2) is 0 Å². The lowest BCUT2D eigenvalue weighted by Gasteiger charge is -2.08. The van der Waals surface area contributed by atoms with Crippen LogP contribution in [0.1, 0.15) is 0 Å². The van der Waals surface area contributed by atoms with Crippen LogP contribution in [0.4, 0.5) is 0 Å². The molecular weight excluding hydrogens is 158 g/mol. The SMILES string of the molecule is CNC(/C=C/COC=O)COC. The number of likely N-dealkylation sites (N-methyl/N-ethyl adjacent to an activating group) is 1. The predicted molar refractivity (Wildman–Crippen MR) is 45.9 cm³/mol.